The van der Waals surface area contributed by atoms with E-state index < -0.39 is 6.10 Å². The van der Waals surface area contributed by atoms with Crippen molar-refractivity contribution in [3.05, 3.63) is 35.4 Å². The molecule has 1 aromatic carbocycles. The summed E-state index contributed by atoms with van der Waals surface area (Å²) in [7, 11) is 1.89. The minimum atomic E-state index is -0.405. The Bertz CT molecular complexity index is 500. The van der Waals surface area contributed by atoms with E-state index >= 15 is 0 Å². The standard InChI is InChI=1S/C18H25NO3/c1-13(22-12-17-8-5-9-21-17)18(20)19(2)16-10-14-6-3-4-7-15(14)11-16/h3-4,6-7,13,16-17H,5,8-12H2,1-2H3. The Kier molecular flexibility index (Phi) is 4.79. The first-order valence-corrected chi connectivity index (χ1v) is 8.22. The molecule has 0 spiro atoms. The van der Waals surface area contributed by atoms with Gasteiger partial charge in [-0.3, -0.25) is 4.79 Å². The average molecular weight is 303 g/mol. The van der Waals surface area contributed by atoms with E-state index in [0.29, 0.717) is 6.61 Å². The molecule has 1 amide bonds. The molecule has 0 bridgehead atoms. The summed E-state index contributed by atoms with van der Waals surface area (Å²) >= 11 is 0. The van der Waals surface area contributed by atoms with Crippen LogP contribution >= 0.6 is 0 Å². The van der Waals surface area contributed by atoms with Gasteiger partial charge in [0.1, 0.15) is 6.10 Å². The van der Waals surface area contributed by atoms with E-state index in [-0.39, 0.29) is 18.1 Å². The van der Waals surface area contributed by atoms with Crippen LogP contribution in [0.3, 0.4) is 0 Å². The van der Waals surface area contributed by atoms with Crippen LogP contribution in [0.15, 0.2) is 24.3 Å². The van der Waals surface area contributed by atoms with Crippen LogP contribution in [0, 0.1) is 0 Å². The van der Waals surface area contributed by atoms with Gasteiger partial charge in [0.05, 0.1) is 12.7 Å². The molecule has 2 aliphatic rings. The minimum absolute atomic E-state index is 0.0656. The number of rotatable bonds is 5. The van der Waals surface area contributed by atoms with Gasteiger partial charge in [0, 0.05) is 19.7 Å². The molecule has 0 N–H and O–H groups in total. The van der Waals surface area contributed by atoms with Crippen molar-refractivity contribution in [2.24, 2.45) is 0 Å². The largest absolute Gasteiger partial charge is 0.376 e. The quantitative estimate of drug-likeness (QED) is 0.837. The van der Waals surface area contributed by atoms with Crippen molar-refractivity contribution >= 4 is 5.91 Å². The van der Waals surface area contributed by atoms with Gasteiger partial charge in [-0.05, 0) is 43.7 Å². The minimum Gasteiger partial charge on any atom is -0.376 e. The van der Waals surface area contributed by atoms with Gasteiger partial charge in [0.15, 0.2) is 0 Å². The molecular weight excluding hydrogens is 278 g/mol. The van der Waals surface area contributed by atoms with Crippen LogP contribution in [0.5, 0.6) is 0 Å². The molecule has 1 heterocycles. The van der Waals surface area contributed by atoms with Crippen molar-refractivity contribution in [3.63, 3.8) is 0 Å². The number of benzene rings is 1. The lowest BCUT2D eigenvalue weighted by molar-refractivity contribution is -0.145. The van der Waals surface area contributed by atoms with Crippen molar-refractivity contribution in [2.45, 2.75) is 50.9 Å². The van der Waals surface area contributed by atoms with Gasteiger partial charge >= 0.3 is 0 Å². The van der Waals surface area contributed by atoms with Crippen molar-refractivity contribution in [3.8, 4) is 0 Å². The van der Waals surface area contributed by atoms with Crippen LogP contribution in [0.2, 0.25) is 0 Å². The Morgan fingerprint density at radius 2 is 2.05 bits per heavy atom. The third-order valence-electron chi connectivity index (χ3n) is 4.83. The molecule has 0 aromatic heterocycles. The summed E-state index contributed by atoms with van der Waals surface area (Å²) in [5, 5.41) is 0. The van der Waals surface area contributed by atoms with Crippen LogP contribution in [0.4, 0.5) is 0 Å². The fraction of sp³-hybridized carbons (Fsp3) is 0.611. The van der Waals surface area contributed by atoms with E-state index in [1.807, 2.05) is 18.9 Å². The van der Waals surface area contributed by atoms with Gasteiger partial charge in [-0.2, -0.15) is 0 Å². The lowest BCUT2D eigenvalue weighted by atomic mass is 10.1. The predicted molar refractivity (Wildman–Crippen MR) is 84.8 cm³/mol. The molecule has 2 unspecified atom stereocenters. The van der Waals surface area contributed by atoms with Crippen LogP contribution in [0.1, 0.15) is 30.9 Å². The van der Waals surface area contributed by atoms with E-state index in [2.05, 4.69) is 24.3 Å². The molecule has 22 heavy (non-hydrogen) atoms. The second-order valence-electron chi connectivity index (χ2n) is 6.39. The van der Waals surface area contributed by atoms with Gasteiger partial charge in [-0.25, -0.2) is 0 Å². The summed E-state index contributed by atoms with van der Waals surface area (Å²) in [6.45, 7) is 3.18. The van der Waals surface area contributed by atoms with Gasteiger partial charge in [0.25, 0.3) is 5.91 Å². The highest BCUT2D eigenvalue weighted by molar-refractivity contribution is 5.80. The lowest BCUT2D eigenvalue weighted by Crippen LogP contribution is -2.44. The number of amides is 1. The molecule has 2 atom stereocenters. The zero-order valence-electron chi connectivity index (χ0n) is 13.5. The van der Waals surface area contributed by atoms with Crippen molar-refractivity contribution in [2.75, 3.05) is 20.3 Å². The number of likely N-dealkylation sites (N-methyl/N-ethyl adjacent to an activating group) is 1. The number of fused-ring (bicyclic) bond motifs is 1. The van der Waals surface area contributed by atoms with Crippen LogP contribution in [0.25, 0.3) is 0 Å². The molecule has 3 rings (SSSR count). The second kappa shape index (κ2) is 6.80. The Balaban J connectivity index is 1.51. The maximum absolute atomic E-state index is 12.5. The Morgan fingerprint density at radius 1 is 1.36 bits per heavy atom. The van der Waals surface area contributed by atoms with Gasteiger partial charge < -0.3 is 14.4 Å². The SMILES string of the molecule is CC(OCC1CCCO1)C(=O)N(C)C1Cc2ccccc2C1. The molecule has 0 saturated carbocycles. The van der Waals surface area contributed by atoms with Crippen molar-refractivity contribution < 1.29 is 14.3 Å². The molecule has 1 aliphatic heterocycles. The third kappa shape index (κ3) is 3.33. The summed E-state index contributed by atoms with van der Waals surface area (Å²) in [6, 6.07) is 8.70. The lowest BCUT2D eigenvalue weighted by Gasteiger charge is -2.27. The van der Waals surface area contributed by atoms with Crippen LogP contribution in [-0.4, -0.2) is 49.3 Å². The molecule has 1 aromatic rings. The van der Waals surface area contributed by atoms with Gasteiger partial charge in [-0.1, -0.05) is 24.3 Å². The fourth-order valence-electron chi connectivity index (χ4n) is 3.37. The van der Waals surface area contributed by atoms with E-state index in [1.165, 1.54) is 11.1 Å². The average Bonchev–Trinajstić information content (AvgIpc) is 3.19. The summed E-state index contributed by atoms with van der Waals surface area (Å²) in [5.74, 6) is 0.0656. The normalized spacial score (nSPS) is 22.5. The highest BCUT2D eigenvalue weighted by atomic mass is 16.5. The number of hydrogen-bond donors (Lipinski definition) is 0. The third-order valence-corrected chi connectivity index (χ3v) is 4.83. The van der Waals surface area contributed by atoms with E-state index in [4.69, 9.17) is 9.47 Å². The zero-order valence-corrected chi connectivity index (χ0v) is 13.5. The van der Waals surface area contributed by atoms with E-state index in [0.717, 1.165) is 32.3 Å². The van der Waals surface area contributed by atoms with E-state index in [1.54, 1.807) is 0 Å². The van der Waals surface area contributed by atoms with Crippen molar-refractivity contribution in [1.29, 1.82) is 0 Å². The highest BCUT2D eigenvalue weighted by Crippen LogP contribution is 2.25. The zero-order chi connectivity index (χ0) is 15.5. The predicted octanol–water partition coefficient (Wildman–Crippen LogP) is 2.20. The number of carbonyl (C=O) groups excluding carboxylic acids is 1. The maximum atomic E-state index is 12.5. The number of ether oxygens (including phenoxy) is 2. The monoisotopic (exact) mass is 303 g/mol. The first-order valence-electron chi connectivity index (χ1n) is 8.22. The fourth-order valence-corrected chi connectivity index (χ4v) is 3.37. The molecule has 120 valence electrons. The van der Waals surface area contributed by atoms with Crippen molar-refractivity contribution in [1.82, 2.24) is 4.90 Å². The number of hydrogen-bond acceptors (Lipinski definition) is 3. The van der Waals surface area contributed by atoms with Crippen LogP contribution in [-0.2, 0) is 27.1 Å². The first kappa shape index (κ1) is 15.5. The summed E-state index contributed by atoms with van der Waals surface area (Å²) in [4.78, 5) is 14.4. The number of carbonyl (C=O) groups is 1. The van der Waals surface area contributed by atoms with Crippen LogP contribution < -0.4 is 0 Å². The number of nitrogens with zero attached hydrogens (tertiary/aromatic N) is 1. The second-order valence-corrected chi connectivity index (χ2v) is 6.39. The topological polar surface area (TPSA) is 38.8 Å². The first-order chi connectivity index (χ1) is 10.6. The molecule has 1 fully saturated rings. The highest BCUT2D eigenvalue weighted by Gasteiger charge is 2.30. The molecule has 4 heteroatoms. The molecular formula is C18H25NO3. The van der Waals surface area contributed by atoms with Gasteiger partial charge in [0.2, 0.25) is 0 Å². The van der Waals surface area contributed by atoms with Gasteiger partial charge in [-0.15, -0.1) is 0 Å². The smallest absolute Gasteiger partial charge is 0.251 e. The Hall–Kier alpha value is -1.39. The Labute approximate surface area is 132 Å². The van der Waals surface area contributed by atoms with E-state index in [9.17, 15) is 4.79 Å². The molecule has 0 radical (unpaired) electrons. The summed E-state index contributed by atoms with van der Waals surface area (Å²) in [5.41, 5.74) is 2.72. The summed E-state index contributed by atoms with van der Waals surface area (Å²) in [6.07, 6.45) is 3.77. The molecule has 4 nitrogen and oxygen atoms in total. The molecule has 1 aliphatic carbocycles. The summed E-state index contributed by atoms with van der Waals surface area (Å²) < 4.78 is 11.3. The Morgan fingerprint density at radius 3 is 2.64 bits per heavy atom. The maximum Gasteiger partial charge on any atom is 0.251 e. The molecule has 1 saturated heterocycles.